The van der Waals surface area contributed by atoms with Crippen LogP contribution in [0.3, 0.4) is 0 Å². The van der Waals surface area contributed by atoms with Gasteiger partial charge in [0.05, 0.1) is 6.10 Å². The van der Waals surface area contributed by atoms with Crippen LogP contribution in [0.4, 0.5) is 0 Å². The second-order valence-electron chi connectivity index (χ2n) is 4.84. The summed E-state index contributed by atoms with van der Waals surface area (Å²) in [6, 6.07) is 5.97. The van der Waals surface area contributed by atoms with E-state index < -0.39 is 6.10 Å². The molecule has 0 spiro atoms. The van der Waals surface area contributed by atoms with Gasteiger partial charge < -0.3 is 9.47 Å². The maximum atomic E-state index is 11.3. The van der Waals surface area contributed by atoms with Gasteiger partial charge in [0.2, 0.25) is 0 Å². The summed E-state index contributed by atoms with van der Waals surface area (Å²) >= 11 is 0. The van der Waals surface area contributed by atoms with Crippen molar-refractivity contribution in [3.8, 4) is 5.75 Å². The number of amides is 1. The number of nitrogens with one attached hydrogen (secondary N) is 1. The fraction of sp³-hybridized carbons (Fsp3) is 0.500. The number of hydrazine groups is 1. The van der Waals surface area contributed by atoms with Gasteiger partial charge in [-0.2, -0.15) is 0 Å². The first kappa shape index (κ1) is 13.8. The molecule has 3 N–H and O–H groups in total. The van der Waals surface area contributed by atoms with Gasteiger partial charge in [-0.25, -0.2) is 5.84 Å². The monoisotopic (exact) mass is 264 g/mol. The molecule has 2 unspecified atom stereocenters. The lowest BCUT2D eigenvalue weighted by Crippen LogP contribution is -2.39. The van der Waals surface area contributed by atoms with Gasteiger partial charge in [0.15, 0.2) is 0 Å². The highest BCUT2D eigenvalue weighted by Gasteiger charge is 2.30. The van der Waals surface area contributed by atoms with Gasteiger partial charge in [-0.3, -0.25) is 10.2 Å². The maximum Gasteiger partial charge on any atom is 0.263 e. The van der Waals surface area contributed by atoms with E-state index in [0.717, 1.165) is 17.7 Å². The van der Waals surface area contributed by atoms with E-state index in [4.69, 9.17) is 15.3 Å². The maximum absolute atomic E-state index is 11.3. The van der Waals surface area contributed by atoms with Crippen LogP contribution in [0.2, 0.25) is 0 Å². The van der Waals surface area contributed by atoms with Crippen LogP contribution < -0.4 is 16.0 Å². The van der Waals surface area contributed by atoms with E-state index >= 15 is 0 Å². The number of hydrogen-bond acceptors (Lipinski definition) is 4. The third kappa shape index (κ3) is 3.24. The second kappa shape index (κ2) is 6.04. The smallest absolute Gasteiger partial charge is 0.263 e. The van der Waals surface area contributed by atoms with Crippen molar-refractivity contribution < 1.29 is 14.3 Å². The number of carbonyl (C=O) groups is 1. The van der Waals surface area contributed by atoms with Crippen LogP contribution in [0.5, 0.6) is 5.75 Å². The summed E-state index contributed by atoms with van der Waals surface area (Å²) in [4.78, 5) is 11.3. The van der Waals surface area contributed by atoms with Crippen molar-refractivity contribution in [1.29, 1.82) is 0 Å². The quantitative estimate of drug-likeness (QED) is 0.487. The number of hydrogen-bond donors (Lipinski definition) is 2. The van der Waals surface area contributed by atoms with Gasteiger partial charge in [-0.1, -0.05) is 12.1 Å². The van der Waals surface area contributed by atoms with Gasteiger partial charge in [0.25, 0.3) is 5.91 Å². The molecule has 104 valence electrons. The Kier molecular flexibility index (Phi) is 4.39. The summed E-state index contributed by atoms with van der Waals surface area (Å²) in [6.07, 6.45) is 0.992. The van der Waals surface area contributed by atoms with E-state index in [9.17, 15) is 4.79 Å². The van der Waals surface area contributed by atoms with Crippen LogP contribution in [0.25, 0.3) is 0 Å². The second-order valence-corrected chi connectivity index (χ2v) is 4.84. The summed E-state index contributed by atoms with van der Waals surface area (Å²) < 4.78 is 11.4. The highest BCUT2D eigenvalue weighted by atomic mass is 16.5. The van der Waals surface area contributed by atoms with Crippen LogP contribution in [0.1, 0.15) is 24.0 Å². The molecule has 0 radical (unpaired) electrons. The number of aryl methyl sites for hydroxylation is 1. The van der Waals surface area contributed by atoms with Gasteiger partial charge >= 0.3 is 0 Å². The van der Waals surface area contributed by atoms with Gasteiger partial charge in [-0.15, -0.1) is 0 Å². The van der Waals surface area contributed by atoms with Crippen LogP contribution >= 0.6 is 0 Å². The zero-order valence-corrected chi connectivity index (χ0v) is 11.3. The Hall–Kier alpha value is -1.59. The molecule has 1 amide bonds. The van der Waals surface area contributed by atoms with Crippen molar-refractivity contribution >= 4 is 5.91 Å². The Morgan fingerprint density at radius 1 is 1.47 bits per heavy atom. The molecule has 1 saturated heterocycles. The Morgan fingerprint density at radius 3 is 3.00 bits per heavy atom. The average molecular weight is 264 g/mol. The van der Waals surface area contributed by atoms with E-state index in [1.54, 1.807) is 0 Å². The minimum Gasteiger partial charge on any atom is -0.491 e. The van der Waals surface area contributed by atoms with Crippen molar-refractivity contribution in [3.05, 3.63) is 29.3 Å². The van der Waals surface area contributed by atoms with E-state index in [0.29, 0.717) is 13.0 Å². The Morgan fingerprint density at radius 2 is 2.26 bits per heavy atom. The molecule has 1 aromatic carbocycles. The zero-order valence-electron chi connectivity index (χ0n) is 11.3. The predicted molar refractivity (Wildman–Crippen MR) is 71.6 cm³/mol. The van der Waals surface area contributed by atoms with Crippen molar-refractivity contribution in [2.75, 3.05) is 6.61 Å². The fourth-order valence-electron chi connectivity index (χ4n) is 2.18. The fourth-order valence-corrected chi connectivity index (χ4v) is 2.18. The lowest BCUT2D eigenvalue weighted by atomic mass is 10.1. The summed E-state index contributed by atoms with van der Waals surface area (Å²) in [5, 5.41) is 0. The molecular weight excluding hydrogens is 244 g/mol. The molecule has 0 aliphatic carbocycles. The third-order valence-electron chi connectivity index (χ3n) is 3.52. The van der Waals surface area contributed by atoms with E-state index in [-0.39, 0.29) is 12.0 Å². The molecule has 1 aromatic rings. The van der Waals surface area contributed by atoms with E-state index in [2.05, 4.69) is 18.4 Å². The predicted octanol–water partition coefficient (Wildman–Crippen LogP) is 1.22. The topological polar surface area (TPSA) is 73.6 Å². The molecule has 5 nitrogen and oxygen atoms in total. The zero-order chi connectivity index (χ0) is 13.8. The Balaban J connectivity index is 1.87. The largest absolute Gasteiger partial charge is 0.491 e. The number of benzene rings is 1. The Bertz CT molecular complexity index is 462. The summed E-state index contributed by atoms with van der Waals surface area (Å²) in [7, 11) is 0. The van der Waals surface area contributed by atoms with Crippen LogP contribution in [0.15, 0.2) is 18.2 Å². The minimum absolute atomic E-state index is 0.0535. The molecule has 1 aliphatic rings. The first-order valence-corrected chi connectivity index (χ1v) is 6.46. The molecular formula is C14H20N2O3. The minimum atomic E-state index is -0.447. The molecule has 1 heterocycles. The molecule has 2 rings (SSSR count). The third-order valence-corrected chi connectivity index (χ3v) is 3.52. The normalized spacial score (nSPS) is 22.3. The SMILES string of the molecule is Cc1cccc(OCC2CCC(C(=O)NN)O2)c1C. The summed E-state index contributed by atoms with van der Waals surface area (Å²) in [5.41, 5.74) is 4.45. The first-order chi connectivity index (χ1) is 9.11. The molecule has 0 bridgehead atoms. The standard InChI is InChI=1S/C14H20N2O3/c1-9-4-3-5-12(10(9)2)18-8-11-6-7-13(19-11)14(17)16-15/h3-5,11,13H,6-8,15H2,1-2H3,(H,16,17). The van der Waals surface area contributed by atoms with Gasteiger partial charge in [0.1, 0.15) is 18.5 Å². The summed E-state index contributed by atoms with van der Waals surface area (Å²) in [6.45, 7) is 4.54. The first-order valence-electron chi connectivity index (χ1n) is 6.46. The van der Waals surface area contributed by atoms with Crippen LogP contribution in [-0.2, 0) is 9.53 Å². The van der Waals surface area contributed by atoms with Crippen LogP contribution in [0, 0.1) is 13.8 Å². The molecule has 19 heavy (non-hydrogen) atoms. The number of rotatable bonds is 4. The molecule has 0 saturated carbocycles. The molecule has 2 atom stereocenters. The summed E-state index contributed by atoms with van der Waals surface area (Å²) in [5.74, 6) is 5.69. The molecule has 0 aromatic heterocycles. The average Bonchev–Trinajstić information content (AvgIpc) is 2.88. The van der Waals surface area contributed by atoms with Crippen LogP contribution in [-0.4, -0.2) is 24.7 Å². The van der Waals surface area contributed by atoms with E-state index in [1.807, 2.05) is 19.1 Å². The lowest BCUT2D eigenvalue weighted by molar-refractivity contribution is -0.132. The van der Waals surface area contributed by atoms with Gasteiger partial charge in [-0.05, 0) is 43.9 Å². The van der Waals surface area contributed by atoms with Crippen molar-refractivity contribution in [3.63, 3.8) is 0 Å². The highest BCUT2D eigenvalue weighted by molar-refractivity contribution is 5.80. The van der Waals surface area contributed by atoms with Crippen molar-refractivity contribution in [1.82, 2.24) is 5.43 Å². The number of ether oxygens (including phenoxy) is 2. The Labute approximate surface area is 113 Å². The molecule has 1 fully saturated rings. The van der Waals surface area contributed by atoms with E-state index in [1.165, 1.54) is 5.56 Å². The molecule has 1 aliphatic heterocycles. The van der Waals surface area contributed by atoms with Crippen molar-refractivity contribution in [2.24, 2.45) is 5.84 Å². The lowest BCUT2D eigenvalue weighted by Gasteiger charge is -2.15. The van der Waals surface area contributed by atoms with Crippen molar-refractivity contribution in [2.45, 2.75) is 38.9 Å². The number of nitrogens with two attached hydrogens (primary N) is 1. The molecule has 5 heteroatoms. The van der Waals surface area contributed by atoms with Gasteiger partial charge in [0, 0.05) is 0 Å². The number of carbonyl (C=O) groups excluding carboxylic acids is 1. The highest BCUT2D eigenvalue weighted by Crippen LogP contribution is 2.24.